The van der Waals surface area contributed by atoms with Crippen LogP contribution in [0.4, 0.5) is 5.69 Å². The highest BCUT2D eigenvalue weighted by Crippen LogP contribution is 2.36. The summed E-state index contributed by atoms with van der Waals surface area (Å²) in [6.45, 7) is 0. The van der Waals surface area contributed by atoms with Crippen molar-refractivity contribution in [2.75, 3.05) is 16.9 Å². The van der Waals surface area contributed by atoms with E-state index in [0.29, 0.717) is 17.3 Å². The number of nitrogens with zero attached hydrogens (tertiary/aromatic N) is 4. The van der Waals surface area contributed by atoms with Crippen LogP contribution in [0.25, 0.3) is 5.69 Å². The summed E-state index contributed by atoms with van der Waals surface area (Å²) in [5.74, 6) is 0.931. The Kier molecular flexibility index (Phi) is 4.69. The zero-order valence-corrected chi connectivity index (χ0v) is 13.8. The Morgan fingerprint density at radius 3 is 3.00 bits per heavy atom. The summed E-state index contributed by atoms with van der Waals surface area (Å²) < 4.78 is 1.67. The van der Waals surface area contributed by atoms with Crippen LogP contribution in [0.5, 0.6) is 0 Å². The molecule has 2 aromatic heterocycles. The number of amides is 1. The van der Waals surface area contributed by atoms with Crippen LogP contribution in [0.2, 0.25) is 5.15 Å². The standard InChI is InChI=1S/C15H17ClN4OS/c1-22-8-6-14(21)20(11-4-5-11)13-10-19(18-15(13)16)12-3-2-7-17-9-12/h2-3,7,9-11H,4-6,8H2,1H3. The van der Waals surface area contributed by atoms with Crippen molar-refractivity contribution in [2.45, 2.75) is 25.3 Å². The van der Waals surface area contributed by atoms with Gasteiger partial charge in [0.25, 0.3) is 0 Å². The van der Waals surface area contributed by atoms with Crippen molar-refractivity contribution in [1.82, 2.24) is 14.8 Å². The topological polar surface area (TPSA) is 51.0 Å². The van der Waals surface area contributed by atoms with Gasteiger partial charge >= 0.3 is 0 Å². The predicted octanol–water partition coefficient (Wildman–Crippen LogP) is 3.17. The monoisotopic (exact) mass is 336 g/mol. The number of rotatable bonds is 6. The van der Waals surface area contributed by atoms with Crippen LogP contribution in [-0.4, -0.2) is 38.7 Å². The van der Waals surface area contributed by atoms with Crippen LogP contribution in [0.1, 0.15) is 19.3 Å². The molecule has 0 saturated heterocycles. The van der Waals surface area contributed by atoms with E-state index >= 15 is 0 Å². The fourth-order valence-electron chi connectivity index (χ4n) is 2.30. The van der Waals surface area contributed by atoms with Gasteiger partial charge in [-0.05, 0) is 31.2 Å². The Morgan fingerprint density at radius 1 is 1.55 bits per heavy atom. The molecule has 3 rings (SSSR count). The SMILES string of the molecule is CSCCC(=O)N(c1cn(-c2cccnc2)nc1Cl)C1CC1. The Bertz CT molecular complexity index is 657. The van der Waals surface area contributed by atoms with Crippen LogP contribution >= 0.6 is 23.4 Å². The number of pyridine rings is 1. The van der Waals surface area contributed by atoms with E-state index in [1.54, 1.807) is 28.8 Å². The predicted molar refractivity (Wildman–Crippen MR) is 89.9 cm³/mol. The van der Waals surface area contributed by atoms with Crippen LogP contribution in [0.3, 0.4) is 0 Å². The third kappa shape index (κ3) is 3.28. The minimum absolute atomic E-state index is 0.115. The smallest absolute Gasteiger partial charge is 0.228 e. The van der Waals surface area contributed by atoms with Gasteiger partial charge in [-0.1, -0.05) is 11.6 Å². The third-order valence-corrected chi connectivity index (χ3v) is 4.40. The van der Waals surface area contributed by atoms with E-state index < -0.39 is 0 Å². The Morgan fingerprint density at radius 2 is 2.36 bits per heavy atom. The van der Waals surface area contributed by atoms with E-state index in [1.807, 2.05) is 29.5 Å². The van der Waals surface area contributed by atoms with Crippen molar-refractivity contribution in [3.63, 3.8) is 0 Å². The second-order valence-electron chi connectivity index (χ2n) is 5.20. The number of hydrogen-bond donors (Lipinski definition) is 0. The molecule has 0 radical (unpaired) electrons. The van der Waals surface area contributed by atoms with Crippen LogP contribution in [0.15, 0.2) is 30.7 Å². The van der Waals surface area contributed by atoms with Gasteiger partial charge in [-0.2, -0.15) is 16.9 Å². The lowest BCUT2D eigenvalue weighted by atomic mass is 10.3. The molecule has 0 atom stereocenters. The first-order chi connectivity index (χ1) is 10.7. The molecule has 0 spiro atoms. The molecule has 116 valence electrons. The molecule has 5 nitrogen and oxygen atoms in total. The molecule has 1 aliphatic carbocycles. The Balaban J connectivity index is 1.89. The number of hydrogen-bond acceptors (Lipinski definition) is 4. The maximum Gasteiger partial charge on any atom is 0.228 e. The molecule has 7 heteroatoms. The summed E-state index contributed by atoms with van der Waals surface area (Å²) >= 11 is 7.96. The van der Waals surface area contributed by atoms with E-state index in [0.717, 1.165) is 24.3 Å². The second-order valence-corrected chi connectivity index (χ2v) is 6.54. The summed E-state index contributed by atoms with van der Waals surface area (Å²) in [6.07, 6.45) is 9.81. The first-order valence-corrected chi connectivity index (χ1v) is 8.94. The normalized spacial score (nSPS) is 14.1. The van der Waals surface area contributed by atoms with E-state index in [9.17, 15) is 4.79 Å². The molecule has 1 aliphatic rings. The lowest BCUT2D eigenvalue weighted by Crippen LogP contribution is -2.33. The van der Waals surface area contributed by atoms with Gasteiger partial charge in [-0.3, -0.25) is 9.78 Å². The third-order valence-electron chi connectivity index (χ3n) is 3.52. The molecule has 1 fully saturated rings. The molecule has 0 aliphatic heterocycles. The minimum atomic E-state index is 0.115. The summed E-state index contributed by atoms with van der Waals surface area (Å²) in [5, 5.41) is 4.67. The van der Waals surface area contributed by atoms with Crippen molar-refractivity contribution in [1.29, 1.82) is 0 Å². The van der Waals surface area contributed by atoms with E-state index in [2.05, 4.69) is 10.1 Å². The molecule has 0 unspecified atom stereocenters. The van der Waals surface area contributed by atoms with Gasteiger partial charge in [-0.25, -0.2) is 4.68 Å². The van der Waals surface area contributed by atoms with Gasteiger partial charge in [-0.15, -0.1) is 0 Å². The summed E-state index contributed by atoms with van der Waals surface area (Å²) in [5.41, 5.74) is 1.52. The molecular formula is C15H17ClN4OS. The highest BCUT2D eigenvalue weighted by atomic mass is 35.5. The molecule has 1 amide bonds. The highest BCUT2D eigenvalue weighted by molar-refractivity contribution is 7.98. The van der Waals surface area contributed by atoms with E-state index in [1.165, 1.54) is 0 Å². The number of halogens is 1. The van der Waals surface area contributed by atoms with Gasteiger partial charge < -0.3 is 4.90 Å². The number of aromatic nitrogens is 3. The van der Waals surface area contributed by atoms with Crippen molar-refractivity contribution >= 4 is 35.0 Å². The lowest BCUT2D eigenvalue weighted by molar-refractivity contribution is -0.118. The summed E-state index contributed by atoms with van der Waals surface area (Å²) in [6, 6.07) is 4.00. The first kappa shape index (κ1) is 15.4. The molecule has 2 aromatic rings. The van der Waals surface area contributed by atoms with Gasteiger partial charge in [0.05, 0.1) is 18.1 Å². The number of carbonyl (C=O) groups excluding carboxylic acids is 1. The van der Waals surface area contributed by atoms with Crippen molar-refractivity contribution in [3.05, 3.63) is 35.9 Å². The highest BCUT2D eigenvalue weighted by Gasteiger charge is 2.35. The molecule has 0 aromatic carbocycles. The van der Waals surface area contributed by atoms with Gasteiger partial charge in [0.1, 0.15) is 5.69 Å². The Hall–Kier alpha value is -1.53. The van der Waals surface area contributed by atoms with Crippen molar-refractivity contribution in [2.24, 2.45) is 0 Å². The molecule has 22 heavy (non-hydrogen) atoms. The fraction of sp³-hybridized carbons (Fsp3) is 0.400. The average Bonchev–Trinajstić information content (AvgIpc) is 3.30. The minimum Gasteiger partial charge on any atom is -0.305 e. The summed E-state index contributed by atoms with van der Waals surface area (Å²) in [7, 11) is 0. The first-order valence-electron chi connectivity index (χ1n) is 7.17. The van der Waals surface area contributed by atoms with Crippen molar-refractivity contribution < 1.29 is 4.79 Å². The summed E-state index contributed by atoms with van der Waals surface area (Å²) in [4.78, 5) is 18.4. The number of carbonyl (C=O) groups is 1. The Labute approximate surface area is 138 Å². The second kappa shape index (κ2) is 6.71. The molecule has 0 bridgehead atoms. The van der Waals surface area contributed by atoms with Crippen molar-refractivity contribution in [3.8, 4) is 5.69 Å². The molecule has 2 heterocycles. The zero-order chi connectivity index (χ0) is 15.5. The number of anilines is 1. The maximum absolute atomic E-state index is 12.5. The lowest BCUT2D eigenvalue weighted by Gasteiger charge is -2.20. The van der Waals surface area contributed by atoms with Crippen LogP contribution in [0, 0.1) is 0 Å². The largest absolute Gasteiger partial charge is 0.305 e. The average molecular weight is 337 g/mol. The van der Waals surface area contributed by atoms with Crippen LogP contribution < -0.4 is 4.90 Å². The fourth-order valence-corrected chi connectivity index (χ4v) is 2.90. The van der Waals surface area contributed by atoms with Crippen LogP contribution in [-0.2, 0) is 4.79 Å². The van der Waals surface area contributed by atoms with Gasteiger partial charge in [0.2, 0.25) is 5.91 Å². The van der Waals surface area contributed by atoms with E-state index in [4.69, 9.17) is 11.6 Å². The number of thioether (sulfide) groups is 1. The quantitative estimate of drug-likeness (QED) is 0.813. The van der Waals surface area contributed by atoms with E-state index in [-0.39, 0.29) is 11.9 Å². The molecule has 1 saturated carbocycles. The van der Waals surface area contributed by atoms with Gasteiger partial charge in [0.15, 0.2) is 5.15 Å². The van der Waals surface area contributed by atoms with Gasteiger partial charge in [0, 0.05) is 24.4 Å². The molecular weight excluding hydrogens is 320 g/mol. The maximum atomic E-state index is 12.5. The molecule has 0 N–H and O–H groups in total. The zero-order valence-electron chi connectivity index (χ0n) is 12.3.